The third-order valence-electron chi connectivity index (χ3n) is 5.62. The summed E-state index contributed by atoms with van der Waals surface area (Å²) < 4.78 is 0. The van der Waals surface area contributed by atoms with E-state index >= 15 is 0 Å². The molecule has 1 fully saturated rings. The lowest BCUT2D eigenvalue weighted by Gasteiger charge is -2.25. The van der Waals surface area contributed by atoms with Crippen LogP contribution in [0.5, 0.6) is 0 Å². The summed E-state index contributed by atoms with van der Waals surface area (Å²) in [6.45, 7) is 4.56. The van der Waals surface area contributed by atoms with Gasteiger partial charge in [-0.15, -0.1) is 0 Å². The van der Waals surface area contributed by atoms with E-state index in [1.807, 2.05) is 13.0 Å². The molecule has 0 radical (unpaired) electrons. The van der Waals surface area contributed by atoms with Crippen molar-refractivity contribution in [3.05, 3.63) is 45.6 Å². The number of Topliss-reactive ketones (excluding diaryl/α,β-unsaturated/α-hetero) is 1. The van der Waals surface area contributed by atoms with Gasteiger partial charge in [0.2, 0.25) is 0 Å². The van der Waals surface area contributed by atoms with Crippen molar-refractivity contribution < 1.29 is 14.4 Å². The monoisotopic (exact) mass is 450 g/mol. The summed E-state index contributed by atoms with van der Waals surface area (Å²) in [4.78, 5) is 39.5. The Labute approximate surface area is 185 Å². The van der Waals surface area contributed by atoms with Gasteiger partial charge in [0.15, 0.2) is 0 Å². The van der Waals surface area contributed by atoms with Crippen LogP contribution in [0.25, 0.3) is 0 Å². The van der Waals surface area contributed by atoms with Crippen LogP contribution in [-0.4, -0.2) is 47.7 Å². The fourth-order valence-electron chi connectivity index (χ4n) is 3.88. The molecule has 9 heteroatoms. The van der Waals surface area contributed by atoms with Crippen molar-refractivity contribution in [1.29, 1.82) is 0 Å². The number of benzene rings is 1. The normalized spacial score (nSPS) is 21.5. The van der Waals surface area contributed by atoms with Crippen molar-refractivity contribution in [1.82, 2.24) is 10.2 Å². The number of ketones is 1. The fraction of sp³-hybridized carbons (Fsp3) is 0.476. The molecule has 3 rings (SSSR count). The fourth-order valence-corrected chi connectivity index (χ4v) is 4.20. The zero-order chi connectivity index (χ0) is 21.8. The molecule has 0 bridgehead atoms. The van der Waals surface area contributed by atoms with E-state index in [4.69, 9.17) is 23.2 Å². The molecule has 2 aliphatic rings. The molecule has 2 amide bonds. The summed E-state index contributed by atoms with van der Waals surface area (Å²) in [5.74, 6) is -1.63. The number of carbonyl (C=O) groups is 3. The van der Waals surface area contributed by atoms with Crippen LogP contribution in [-0.2, 0) is 20.8 Å². The smallest absolute Gasteiger partial charge is 0.312 e. The Bertz CT molecular complexity index is 916. The lowest BCUT2D eigenvalue weighted by atomic mass is 9.92. The van der Waals surface area contributed by atoms with Gasteiger partial charge in [0.1, 0.15) is 5.78 Å². The van der Waals surface area contributed by atoms with Gasteiger partial charge in [0, 0.05) is 24.9 Å². The van der Waals surface area contributed by atoms with E-state index in [9.17, 15) is 14.4 Å². The Morgan fingerprint density at radius 3 is 2.67 bits per heavy atom. The van der Waals surface area contributed by atoms with Gasteiger partial charge >= 0.3 is 11.8 Å². The van der Waals surface area contributed by atoms with E-state index in [0.29, 0.717) is 41.7 Å². The standard InChI is InChI=1S/C21H24Cl2N4O3/c1-3-17(18-6-8-24-26-18)25-20(29)21(30)27-9-7-14(12(27)2)19(28)11-13-4-5-15(22)16(23)10-13/h4-6,10,12,14,17H,3,7-9,11H2,1-2H3,(H,25,29)/t12-,14-,17+/m0/s1. The van der Waals surface area contributed by atoms with Crippen LogP contribution in [0.15, 0.2) is 40.2 Å². The van der Waals surface area contributed by atoms with Crippen molar-refractivity contribution in [2.45, 2.75) is 45.2 Å². The molecule has 0 aliphatic carbocycles. The summed E-state index contributed by atoms with van der Waals surface area (Å²) in [6.07, 6.45) is 3.16. The first kappa shape index (κ1) is 22.4. The van der Waals surface area contributed by atoms with Crippen molar-refractivity contribution in [3.8, 4) is 0 Å². The van der Waals surface area contributed by atoms with Crippen molar-refractivity contribution in [2.75, 3.05) is 13.1 Å². The maximum Gasteiger partial charge on any atom is 0.312 e. The molecule has 0 spiro atoms. The minimum atomic E-state index is -0.686. The van der Waals surface area contributed by atoms with E-state index in [-0.39, 0.29) is 30.2 Å². The first-order valence-electron chi connectivity index (χ1n) is 9.97. The zero-order valence-electron chi connectivity index (χ0n) is 16.9. The number of rotatable bonds is 6. The quantitative estimate of drug-likeness (QED) is 0.671. The second kappa shape index (κ2) is 9.71. The summed E-state index contributed by atoms with van der Waals surface area (Å²) in [5, 5.41) is 11.5. The molecule has 2 heterocycles. The largest absolute Gasteiger partial charge is 0.339 e. The number of halogens is 2. The van der Waals surface area contributed by atoms with Gasteiger partial charge in [-0.1, -0.05) is 36.2 Å². The highest BCUT2D eigenvalue weighted by molar-refractivity contribution is 6.42. The van der Waals surface area contributed by atoms with Gasteiger partial charge in [-0.2, -0.15) is 10.2 Å². The van der Waals surface area contributed by atoms with Crippen molar-refractivity contribution >= 4 is 40.8 Å². The highest BCUT2D eigenvalue weighted by Gasteiger charge is 2.40. The third-order valence-corrected chi connectivity index (χ3v) is 6.36. The van der Waals surface area contributed by atoms with Crippen molar-refractivity contribution in [2.24, 2.45) is 16.1 Å². The van der Waals surface area contributed by atoms with Crippen LogP contribution in [0, 0.1) is 5.92 Å². The highest BCUT2D eigenvalue weighted by Crippen LogP contribution is 2.28. The van der Waals surface area contributed by atoms with Crippen LogP contribution >= 0.6 is 23.2 Å². The molecule has 1 aromatic rings. The van der Waals surface area contributed by atoms with E-state index in [0.717, 1.165) is 5.56 Å². The predicted octanol–water partition coefficient (Wildman–Crippen LogP) is 3.59. The maximum absolute atomic E-state index is 12.8. The number of hydrogen-bond donors (Lipinski definition) is 1. The van der Waals surface area contributed by atoms with Gasteiger partial charge in [-0.3, -0.25) is 14.4 Å². The van der Waals surface area contributed by atoms with E-state index in [1.54, 1.807) is 25.1 Å². The Morgan fingerprint density at radius 1 is 1.27 bits per heavy atom. The van der Waals surface area contributed by atoms with Crippen LogP contribution in [0.2, 0.25) is 10.0 Å². The number of carbonyl (C=O) groups excluding carboxylic acids is 3. The molecule has 1 saturated heterocycles. The lowest BCUT2D eigenvalue weighted by Crippen LogP contribution is -2.48. The first-order chi connectivity index (χ1) is 14.3. The molecule has 1 aromatic carbocycles. The predicted molar refractivity (Wildman–Crippen MR) is 114 cm³/mol. The van der Waals surface area contributed by atoms with Crippen molar-refractivity contribution in [3.63, 3.8) is 0 Å². The van der Waals surface area contributed by atoms with Crippen LogP contribution in [0.1, 0.15) is 32.3 Å². The second-order valence-electron chi connectivity index (χ2n) is 7.51. The molecule has 30 heavy (non-hydrogen) atoms. The van der Waals surface area contributed by atoms with Gasteiger partial charge in [0.05, 0.1) is 28.3 Å². The van der Waals surface area contributed by atoms with Gasteiger partial charge in [0.25, 0.3) is 0 Å². The molecule has 2 aliphatic heterocycles. The molecule has 1 N–H and O–H groups in total. The lowest BCUT2D eigenvalue weighted by molar-refractivity contribution is -0.147. The molecule has 0 aromatic heterocycles. The van der Waals surface area contributed by atoms with E-state index in [1.165, 1.54) is 4.90 Å². The van der Waals surface area contributed by atoms with Gasteiger partial charge in [-0.25, -0.2) is 0 Å². The molecule has 3 atom stereocenters. The zero-order valence-corrected chi connectivity index (χ0v) is 18.4. The first-order valence-corrected chi connectivity index (χ1v) is 10.7. The molecule has 0 saturated carbocycles. The molecule has 7 nitrogen and oxygen atoms in total. The number of hydrogen-bond acceptors (Lipinski definition) is 5. The molecule has 160 valence electrons. The number of nitrogens with one attached hydrogen (secondary N) is 1. The van der Waals surface area contributed by atoms with Crippen LogP contribution in [0.4, 0.5) is 0 Å². The number of azo groups is 1. The van der Waals surface area contributed by atoms with Crippen LogP contribution in [0.3, 0.4) is 0 Å². The summed E-state index contributed by atoms with van der Waals surface area (Å²) in [6, 6.07) is 4.40. The Kier molecular flexibility index (Phi) is 7.26. The van der Waals surface area contributed by atoms with Gasteiger partial charge < -0.3 is 10.2 Å². The maximum atomic E-state index is 12.8. The minimum Gasteiger partial charge on any atom is -0.339 e. The van der Waals surface area contributed by atoms with Crippen LogP contribution < -0.4 is 5.32 Å². The third kappa shape index (κ3) is 4.90. The average Bonchev–Trinajstić information content (AvgIpc) is 3.38. The number of nitrogens with zero attached hydrogens (tertiary/aromatic N) is 3. The minimum absolute atomic E-state index is 0.0135. The second-order valence-corrected chi connectivity index (χ2v) is 8.33. The highest BCUT2D eigenvalue weighted by atomic mass is 35.5. The number of amides is 2. The Hall–Kier alpha value is -2.25. The average molecular weight is 451 g/mol. The summed E-state index contributed by atoms with van der Waals surface area (Å²) >= 11 is 12.0. The van der Waals surface area contributed by atoms with E-state index in [2.05, 4.69) is 15.5 Å². The Balaban J connectivity index is 1.60. The SMILES string of the molecule is CC[C@@H](NC(=O)C(=O)N1CC[C@H](C(=O)Cc2ccc(Cl)c(Cl)c2)[C@@H]1C)C1=CCN=N1. The number of likely N-dealkylation sites (tertiary alicyclic amines) is 1. The van der Waals surface area contributed by atoms with Gasteiger partial charge in [-0.05, 0) is 43.5 Å². The summed E-state index contributed by atoms with van der Waals surface area (Å²) in [7, 11) is 0. The Morgan fingerprint density at radius 2 is 2.03 bits per heavy atom. The van der Waals surface area contributed by atoms with E-state index < -0.39 is 11.8 Å². The topological polar surface area (TPSA) is 91.2 Å². The molecular formula is C21H24Cl2N4O3. The molecular weight excluding hydrogens is 427 g/mol. The molecule has 0 unspecified atom stereocenters. The summed E-state index contributed by atoms with van der Waals surface area (Å²) in [5.41, 5.74) is 1.44.